The smallest absolute Gasteiger partial charge is 0.274 e. The summed E-state index contributed by atoms with van der Waals surface area (Å²) in [7, 11) is 0. The fourth-order valence-electron chi connectivity index (χ4n) is 3.85. The number of nitro benzene ring substituents is 1. The standard InChI is InChI=1S/C18H14Cl2N2O2/c19-13-8-9-14(20)18-16(13)10-5-3-6-11(10)17(21-18)12-4-1-2-7-15(12)22(23)24/h1-5,7-11,17,21H,6H2/t10-,11-,17+/m1/s1. The first-order valence-electron chi connectivity index (χ1n) is 7.72. The summed E-state index contributed by atoms with van der Waals surface area (Å²) in [6.07, 6.45) is 5.09. The molecule has 6 heteroatoms. The molecule has 1 N–H and O–H groups in total. The van der Waals surface area contributed by atoms with Crippen LogP contribution in [-0.2, 0) is 0 Å². The van der Waals surface area contributed by atoms with Crippen LogP contribution in [0.2, 0.25) is 10.0 Å². The van der Waals surface area contributed by atoms with E-state index in [1.165, 1.54) is 0 Å². The number of hydrogen-bond donors (Lipinski definition) is 1. The lowest BCUT2D eigenvalue weighted by molar-refractivity contribution is -0.385. The van der Waals surface area contributed by atoms with Crippen molar-refractivity contribution in [1.29, 1.82) is 0 Å². The third kappa shape index (κ3) is 2.29. The third-order valence-electron chi connectivity index (χ3n) is 4.88. The molecule has 0 spiro atoms. The van der Waals surface area contributed by atoms with Gasteiger partial charge < -0.3 is 5.32 Å². The number of nitrogens with one attached hydrogen (secondary N) is 1. The molecular weight excluding hydrogens is 347 g/mol. The first-order valence-corrected chi connectivity index (χ1v) is 8.48. The third-order valence-corrected chi connectivity index (χ3v) is 5.53. The lowest BCUT2D eigenvalue weighted by Gasteiger charge is -2.38. The number of fused-ring (bicyclic) bond motifs is 3. The second-order valence-electron chi connectivity index (χ2n) is 6.11. The maximum absolute atomic E-state index is 11.4. The summed E-state index contributed by atoms with van der Waals surface area (Å²) in [5, 5.41) is 16.1. The molecule has 2 aliphatic rings. The zero-order chi connectivity index (χ0) is 16.8. The summed E-state index contributed by atoms with van der Waals surface area (Å²) in [4.78, 5) is 11.1. The molecule has 0 aromatic heterocycles. The Bertz CT molecular complexity index is 866. The number of benzene rings is 2. The number of halogens is 2. The second-order valence-corrected chi connectivity index (χ2v) is 6.92. The Morgan fingerprint density at radius 3 is 2.67 bits per heavy atom. The average molecular weight is 361 g/mol. The summed E-state index contributed by atoms with van der Waals surface area (Å²) in [6, 6.07) is 10.3. The Balaban J connectivity index is 1.88. The predicted molar refractivity (Wildman–Crippen MR) is 95.9 cm³/mol. The van der Waals surface area contributed by atoms with Crippen LogP contribution in [0.4, 0.5) is 11.4 Å². The SMILES string of the molecule is O=[N+]([O-])c1ccccc1[C@H]1Nc2c(Cl)ccc(Cl)c2[C@@H]2C=CC[C@@H]12. The Morgan fingerprint density at radius 1 is 1.12 bits per heavy atom. The number of hydrogen-bond acceptors (Lipinski definition) is 3. The van der Waals surface area contributed by atoms with Crippen molar-refractivity contribution in [3.63, 3.8) is 0 Å². The minimum Gasteiger partial charge on any atom is -0.376 e. The van der Waals surface area contributed by atoms with Crippen molar-refractivity contribution in [1.82, 2.24) is 0 Å². The number of rotatable bonds is 2. The van der Waals surface area contributed by atoms with Gasteiger partial charge >= 0.3 is 0 Å². The van der Waals surface area contributed by atoms with Gasteiger partial charge in [0.25, 0.3) is 5.69 Å². The highest BCUT2D eigenvalue weighted by molar-refractivity contribution is 6.36. The van der Waals surface area contributed by atoms with Crippen molar-refractivity contribution in [2.75, 3.05) is 5.32 Å². The van der Waals surface area contributed by atoms with Gasteiger partial charge in [0.1, 0.15) is 0 Å². The summed E-state index contributed by atoms with van der Waals surface area (Å²) in [5.41, 5.74) is 2.57. The van der Waals surface area contributed by atoms with E-state index >= 15 is 0 Å². The second kappa shape index (κ2) is 5.80. The van der Waals surface area contributed by atoms with Crippen LogP contribution in [-0.4, -0.2) is 4.92 Å². The molecule has 4 rings (SSSR count). The fourth-order valence-corrected chi connectivity index (χ4v) is 4.36. The maximum atomic E-state index is 11.4. The molecule has 0 saturated heterocycles. The maximum Gasteiger partial charge on any atom is 0.274 e. The molecule has 1 aliphatic carbocycles. The van der Waals surface area contributed by atoms with Crippen LogP contribution in [0.15, 0.2) is 48.6 Å². The quantitative estimate of drug-likeness (QED) is 0.422. The van der Waals surface area contributed by atoms with E-state index in [0.717, 1.165) is 17.7 Å². The number of nitrogens with zero attached hydrogens (tertiary/aromatic N) is 1. The summed E-state index contributed by atoms with van der Waals surface area (Å²) < 4.78 is 0. The summed E-state index contributed by atoms with van der Waals surface area (Å²) >= 11 is 12.8. The lowest BCUT2D eigenvalue weighted by Crippen LogP contribution is -2.30. The van der Waals surface area contributed by atoms with Gasteiger partial charge in [-0.1, -0.05) is 53.6 Å². The summed E-state index contributed by atoms with van der Waals surface area (Å²) in [6.45, 7) is 0. The van der Waals surface area contributed by atoms with Gasteiger partial charge in [-0.05, 0) is 24.5 Å². The topological polar surface area (TPSA) is 55.2 Å². The monoisotopic (exact) mass is 360 g/mol. The summed E-state index contributed by atoms with van der Waals surface area (Å²) in [5.74, 6) is 0.284. The minimum absolute atomic E-state index is 0.109. The highest BCUT2D eigenvalue weighted by atomic mass is 35.5. The van der Waals surface area contributed by atoms with Crippen LogP contribution in [0.1, 0.15) is 29.5 Å². The highest BCUT2D eigenvalue weighted by Crippen LogP contribution is 2.54. The zero-order valence-electron chi connectivity index (χ0n) is 12.6. The molecule has 3 atom stereocenters. The number of anilines is 1. The van der Waals surface area contributed by atoms with Gasteiger partial charge in [0.05, 0.1) is 27.2 Å². The molecule has 0 saturated carbocycles. The van der Waals surface area contributed by atoms with Gasteiger partial charge in [-0.2, -0.15) is 0 Å². The van der Waals surface area contributed by atoms with Crippen LogP contribution >= 0.6 is 23.2 Å². The minimum atomic E-state index is -0.330. The van der Waals surface area contributed by atoms with Crippen LogP contribution in [0.5, 0.6) is 0 Å². The number of para-hydroxylation sites is 1. The largest absolute Gasteiger partial charge is 0.376 e. The van der Waals surface area contributed by atoms with E-state index in [2.05, 4.69) is 17.5 Å². The molecule has 4 nitrogen and oxygen atoms in total. The Hall–Kier alpha value is -2.04. The predicted octanol–water partition coefficient (Wildman–Crippen LogP) is 5.73. The molecule has 0 radical (unpaired) electrons. The van der Waals surface area contributed by atoms with Crippen molar-refractivity contribution in [3.8, 4) is 0 Å². The van der Waals surface area contributed by atoms with E-state index in [1.807, 2.05) is 12.1 Å². The molecule has 0 bridgehead atoms. The van der Waals surface area contributed by atoms with Crippen molar-refractivity contribution < 1.29 is 4.92 Å². The fraction of sp³-hybridized carbons (Fsp3) is 0.222. The van der Waals surface area contributed by atoms with E-state index in [9.17, 15) is 10.1 Å². The molecule has 1 heterocycles. The molecule has 0 amide bonds. The van der Waals surface area contributed by atoms with E-state index in [-0.39, 0.29) is 28.5 Å². The van der Waals surface area contributed by atoms with Crippen LogP contribution < -0.4 is 5.32 Å². The van der Waals surface area contributed by atoms with E-state index in [0.29, 0.717) is 15.6 Å². The normalized spacial score (nSPS) is 24.2. The molecular formula is C18H14Cl2N2O2. The van der Waals surface area contributed by atoms with Gasteiger partial charge in [-0.3, -0.25) is 10.1 Å². The highest BCUT2D eigenvalue weighted by Gasteiger charge is 2.41. The Morgan fingerprint density at radius 2 is 1.88 bits per heavy atom. The molecule has 0 fully saturated rings. The van der Waals surface area contributed by atoms with E-state index in [1.54, 1.807) is 24.3 Å². The molecule has 24 heavy (non-hydrogen) atoms. The lowest BCUT2D eigenvalue weighted by atomic mass is 9.76. The van der Waals surface area contributed by atoms with Crippen molar-refractivity contribution in [3.05, 3.63) is 79.8 Å². The first kappa shape index (κ1) is 15.5. The van der Waals surface area contributed by atoms with Gasteiger partial charge in [-0.25, -0.2) is 0 Å². The molecule has 2 aromatic rings. The molecule has 2 aromatic carbocycles. The van der Waals surface area contributed by atoms with Gasteiger partial charge in [0, 0.05) is 22.6 Å². The Labute approximate surface area is 149 Å². The van der Waals surface area contributed by atoms with Crippen molar-refractivity contribution in [2.24, 2.45) is 5.92 Å². The van der Waals surface area contributed by atoms with Gasteiger partial charge in [0.2, 0.25) is 0 Å². The molecule has 0 unspecified atom stereocenters. The zero-order valence-corrected chi connectivity index (χ0v) is 14.1. The van der Waals surface area contributed by atoms with Crippen LogP contribution in [0, 0.1) is 16.0 Å². The number of allylic oxidation sites excluding steroid dienone is 2. The van der Waals surface area contributed by atoms with Crippen LogP contribution in [0.3, 0.4) is 0 Å². The van der Waals surface area contributed by atoms with Crippen molar-refractivity contribution in [2.45, 2.75) is 18.4 Å². The van der Waals surface area contributed by atoms with E-state index in [4.69, 9.17) is 23.2 Å². The number of nitro groups is 1. The molecule has 122 valence electrons. The van der Waals surface area contributed by atoms with Gasteiger partial charge in [-0.15, -0.1) is 0 Å². The Kier molecular flexibility index (Phi) is 3.74. The first-order chi connectivity index (χ1) is 11.6. The molecule has 1 aliphatic heterocycles. The van der Waals surface area contributed by atoms with E-state index < -0.39 is 0 Å². The van der Waals surface area contributed by atoms with Crippen LogP contribution in [0.25, 0.3) is 0 Å². The van der Waals surface area contributed by atoms with Gasteiger partial charge in [0.15, 0.2) is 0 Å². The average Bonchev–Trinajstić information content (AvgIpc) is 3.06. The van der Waals surface area contributed by atoms with Crippen molar-refractivity contribution >= 4 is 34.6 Å².